The van der Waals surface area contributed by atoms with Crippen molar-refractivity contribution >= 4 is 0 Å². The summed E-state index contributed by atoms with van der Waals surface area (Å²) < 4.78 is 1.80. The molecule has 1 aromatic carbocycles. The van der Waals surface area contributed by atoms with Gasteiger partial charge in [0.05, 0.1) is 6.20 Å². The van der Waals surface area contributed by atoms with Crippen LogP contribution in [0.5, 0.6) is 0 Å². The van der Waals surface area contributed by atoms with Crippen LogP contribution in [-0.2, 0) is 0 Å². The van der Waals surface area contributed by atoms with Crippen molar-refractivity contribution in [1.29, 1.82) is 0 Å². The summed E-state index contributed by atoms with van der Waals surface area (Å²) in [7, 11) is 0. The molecular weight excluding hydrogens is 202 g/mol. The van der Waals surface area contributed by atoms with Crippen LogP contribution in [0.2, 0.25) is 0 Å². The first-order valence-corrected chi connectivity index (χ1v) is 4.89. The minimum absolute atomic E-state index is 0.871. The molecule has 0 spiro atoms. The maximum atomic E-state index is 4.05. The first-order valence-electron chi connectivity index (χ1n) is 4.89. The molecule has 3 rings (SSSR count). The minimum atomic E-state index is 0.871. The molecule has 0 aliphatic rings. The number of hydrogen-bond donors (Lipinski definition) is 1. The molecule has 16 heavy (non-hydrogen) atoms. The van der Waals surface area contributed by atoms with Gasteiger partial charge in [0, 0.05) is 5.56 Å². The van der Waals surface area contributed by atoms with Gasteiger partial charge in [-0.25, -0.2) is 0 Å². The zero-order valence-corrected chi connectivity index (χ0v) is 8.41. The monoisotopic (exact) mass is 211 g/mol. The van der Waals surface area contributed by atoms with Gasteiger partial charge >= 0.3 is 0 Å². The van der Waals surface area contributed by atoms with E-state index in [-0.39, 0.29) is 0 Å². The van der Waals surface area contributed by atoms with Crippen LogP contribution in [0.4, 0.5) is 0 Å². The second kappa shape index (κ2) is 3.62. The van der Waals surface area contributed by atoms with Crippen molar-refractivity contribution in [2.24, 2.45) is 0 Å². The molecule has 1 N–H and O–H groups in total. The Morgan fingerprint density at radius 2 is 1.75 bits per heavy atom. The summed E-state index contributed by atoms with van der Waals surface area (Å²) >= 11 is 0. The molecule has 0 amide bonds. The third-order valence-electron chi connectivity index (χ3n) is 2.38. The van der Waals surface area contributed by atoms with Gasteiger partial charge in [-0.15, -0.1) is 10.2 Å². The van der Waals surface area contributed by atoms with E-state index in [4.69, 9.17) is 0 Å². The second-order valence-corrected chi connectivity index (χ2v) is 3.37. The fourth-order valence-corrected chi connectivity index (χ4v) is 1.62. The number of H-pyrrole nitrogens is 1. The lowest BCUT2D eigenvalue weighted by Crippen LogP contribution is -1.92. The van der Waals surface area contributed by atoms with E-state index in [2.05, 4.69) is 20.4 Å². The van der Waals surface area contributed by atoms with Crippen LogP contribution in [0, 0.1) is 0 Å². The van der Waals surface area contributed by atoms with Gasteiger partial charge in [0.2, 0.25) is 0 Å². The molecule has 3 aromatic rings. The first kappa shape index (κ1) is 8.84. The molecule has 78 valence electrons. The quantitative estimate of drug-likeness (QED) is 0.701. The van der Waals surface area contributed by atoms with E-state index in [1.165, 1.54) is 0 Å². The molecule has 2 aromatic heterocycles. The van der Waals surface area contributed by atoms with E-state index in [1.54, 1.807) is 23.4 Å². The highest BCUT2D eigenvalue weighted by molar-refractivity contribution is 5.69. The first-order chi connectivity index (χ1) is 7.95. The largest absolute Gasteiger partial charge is 0.272 e. The molecule has 0 aliphatic heterocycles. The third-order valence-corrected chi connectivity index (χ3v) is 2.38. The summed E-state index contributed by atoms with van der Waals surface area (Å²) in [6.45, 7) is 0. The predicted octanol–water partition coefficient (Wildman–Crippen LogP) is 1.66. The topological polar surface area (TPSA) is 59.4 Å². The Morgan fingerprint density at radius 3 is 2.50 bits per heavy atom. The van der Waals surface area contributed by atoms with E-state index in [9.17, 15) is 0 Å². The Morgan fingerprint density at radius 1 is 1.00 bits per heavy atom. The van der Waals surface area contributed by atoms with Crippen molar-refractivity contribution < 1.29 is 0 Å². The van der Waals surface area contributed by atoms with Gasteiger partial charge in [0.1, 0.15) is 18.5 Å². The predicted molar refractivity (Wildman–Crippen MR) is 58.9 cm³/mol. The highest BCUT2D eigenvalue weighted by atomic mass is 15.3. The summed E-state index contributed by atoms with van der Waals surface area (Å²) in [6, 6.07) is 10.1. The molecule has 5 nitrogen and oxygen atoms in total. The number of nitrogens with zero attached hydrogens (tertiary/aromatic N) is 4. The number of nitrogens with one attached hydrogen (secondary N) is 1. The van der Waals surface area contributed by atoms with Gasteiger partial charge in [0.25, 0.3) is 0 Å². The van der Waals surface area contributed by atoms with Crippen molar-refractivity contribution in [3.8, 4) is 16.9 Å². The van der Waals surface area contributed by atoms with Gasteiger partial charge < -0.3 is 0 Å². The Balaban J connectivity index is 2.14. The normalized spacial score (nSPS) is 10.5. The van der Waals surface area contributed by atoms with Crippen LogP contribution in [0.25, 0.3) is 16.9 Å². The summed E-state index contributed by atoms with van der Waals surface area (Å²) in [5.41, 5.74) is 2.14. The number of rotatable bonds is 2. The van der Waals surface area contributed by atoms with Crippen molar-refractivity contribution in [3.05, 3.63) is 49.2 Å². The van der Waals surface area contributed by atoms with Gasteiger partial charge in [-0.2, -0.15) is 5.10 Å². The molecule has 0 atom stereocenters. The molecule has 2 heterocycles. The van der Waals surface area contributed by atoms with Crippen LogP contribution in [0.1, 0.15) is 0 Å². The minimum Gasteiger partial charge on any atom is -0.272 e. The lowest BCUT2D eigenvalue weighted by molar-refractivity contribution is 0.955. The number of aromatic amines is 1. The van der Waals surface area contributed by atoms with Crippen molar-refractivity contribution in [3.63, 3.8) is 0 Å². The number of aromatic nitrogens is 5. The maximum Gasteiger partial charge on any atom is 0.142 e. The summed E-state index contributed by atoms with van der Waals surface area (Å²) in [5, 5.41) is 14.5. The summed E-state index contributed by atoms with van der Waals surface area (Å²) in [6.07, 6.45) is 5.07. The third kappa shape index (κ3) is 1.38. The molecule has 0 saturated carbocycles. The smallest absolute Gasteiger partial charge is 0.142 e. The zero-order chi connectivity index (χ0) is 10.8. The van der Waals surface area contributed by atoms with Crippen LogP contribution in [-0.4, -0.2) is 25.0 Å². The van der Waals surface area contributed by atoms with E-state index < -0.39 is 0 Å². The SMILES string of the molecule is c1ccc(-c2cn[nH]c2-n2cnnc2)cc1. The fourth-order valence-electron chi connectivity index (χ4n) is 1.62. The molecule has 0 saturated heterocycles. The molecular formula is C11H9N5. The van der Waals surface area contributed by atoms with Crippen LogP contribution in [0.3, 0.4) is 0 Å². The molecule has 0 radical (unpaired) electrons. The average molecular weight is 211 g/mol. The van der Waals surface area contributed by atoms with Gasteiger partial charge in [-0.05, 0) is 5.56 Å². The van der Waals surface area contributed by atoms with E-state index in [0.29, 0.717) is 0 Å². The lowest BCUT2D eigenvalue weighted by atomic mass is 10.1. The molecule has 0 unspecified atom stereocenters. The summed E-state index contributed by atoms with van der Waals surface area (Å²) in [4.78, 5) is 0. The second-order valence-electron chi connectivity index (χ2n) is 3.37. The Hall–Kier alpha value is -2.43. The Kier molecular flexibility index (Phi) is 2.00. The fraction of sp³-hybridized carbons (Fsp3) is 0. The van der Waals surface area contributed by atoms with E-state index >= 15 is 0 Å². The van der Waals surface area contributed by atoms with Crippen LogP contribution >= 0.6 is 0 Å². The van der Waals surface area contributed by atoms with E-state index in [1.807, 2.05) is 30.3 Å². The Labute approximate surface area is 91.8 Å². The van der Waals surface area contributed by atoms with Crippen molar-refractivity contribution in [1.82, 2.24) is 25.0 Å². The highest BCUT2D eigenvalue weighted by Crippen LogP contribution is 2.23. The van der Waals surface area contributed by atoms with Crippen molar-refractivity contribution in [2.75, 3.05) is 0 Å². The van der Waals surface area contributed by atoms with E-state index in [0.717, 1.165) is 16.9 Å². The Bertz CT molecular complexity index is 567. The number of benzene rings is 1. The van der Waals surface area contributed by atoms with Crippen LogP contribution < -0.4 is 0 Å². The zero-order valence-electron chi connectivity index (χ0n) is 8.41. The number of hydrogen-bond acceptors (Lipinski definition) is 3. The standard InChI is InChI=1S/C11H9N5/c1-2-4-9(5-3-1)10-6-12-15-11(10)16-7-13-14-8-16/h1-8H,(H,12,15). The van der Waals surface area contributed by atoms with Crippen LogP contribution in [0.15, 0.2) is 49.2 Å². The molecule has 0 aliphatic carbocycles. The van der Waals surface area contributed by atoms with Crippen molar-refractivity contribution in [2.45, 2.75) is 0 Å². The highest BCUT2D eigenvalue weighted by Gasteiger charge is 2.08. The molecule has 5 heteroatoms. The molecule has 0 fully saturated rings. The molecule has 0 bridgehead atoms. The summed E-state index contributed by atoms with van der Waals surface area (Å²) in [5.74, 6) is 0.871. The average Bonchev–Trinajstić information content (AvgIpc) is 3.01. The van der Waals surface area contributed by atoms with Gasteiger partial charge in [-0.1, -0.05) is 30.3 Å². The van der Waals surface area contributed by atoms with Gasteiger partial charge in [0.15, 0.2) is 0 Å². The lowest BCUT2D eigenvalue weighted by Gasteiger charge is -2.02. The van der Waals surface area contributed by atoms with Gasteiger partial charge in [-0.3, -0.25) is 9.67 Å². The maximum absolute atomic E-state index is 4.05.